The summed E-state index contributed by atoms with van der Waals surface area (Å²) in [5.41, 5.74) is 0.543. The van der Waals surface area contributed by atoms with Crippen LogP contribution in [0.4, 0.5) is 0 Å². The lowest BCUT2D eigenvalue weighted by Gasteiger charge is -2.59. The van der Waals surface area contributed by atoms with Crippen molar-refractivity contribution in [1.82, 2.24) is 0 Å². The van der Waals surface area contributed by atoms with Crippen molar-refractivity contribution in [1.29, 1.82) is 0 Å². The van der Waals surface area contributed by atoms with Crippen LogP contribution in [-0.2, 0) is 4.79 Å². The molecule has 4 aliphatic carbocycles. The van der Waals surface area contributed by atoms with E-state index in [0.717, 1.165) is 24.2 Å². The van der Waals surface area contributed by atoms with Crippen molar-refractivity contribution in [3.8, 4) is 0 Å². The van der Waals surface area contributed by atoms with Gasteiger partial charge in [-0.05, 0) is 73.7 Å². The van der Waals surface area contributed by atoms with Gasteiger partial charge in [0.05, 0.1) is 0 Å². The third kappa shape index (κ3) is 1.53. The number of fused-ring (bicyclic) bond motifs is 5. The molecule has 0 aliphatic heterocycles. The van der Waals surface area contributed by atoms with E-state index in [4.69, 9.17) is 0 Å². The molecule has 1 nitrogen and oxygen atoms in total. The molecule has 20 heavy (non-hydrogen) atoms. The maximum atomic E-state index is 12.3. The minimum atomic E-state index is -0.0426. The van der Waals surface area contributed by atoms with Crippen LogP contribution in [0.15, 0.2) is 12.2 Å². The Kier molecular flexibility index (Phi) is 2.76. The van der Waals surface area contributed by atoms with Crippen LogP contribution >= 0.6 is 0 Å². The summed E-state index contributed by atoms with van der Waals surface area (Å²) in [5.74, 6) is 3.61. The number of allylic oxidation sites excluding steroid dienone is 2. The van der Waals surface area contributed by atoms with Crippen molar-refractivity contribution in [3.05, 3.63) is 12.2 Å². The highest BCUT2D eigenvalue weighted by Crippen LogP contribution is 2.64. The van der Waals surface area contributed by atoms with Crippen LogP contribution in [0.25, 0.3) is 0 Å². The minimum Gasteiger partial charge on any atom is -0.294 e. The van der Waals surface area contributed by atoms with Crippen molar-refractivity contribution in [2.45, 2.75) is 65.2 Å². The van der Waals surface area contributed by atoms with Gasteiger partial charge in [-0.25, -0.2) is 0 Å². The van der Waals surface area contributed by atoms with E-state index in [-0.39, 0.29) is 5.41 Å². The number of hydrogen-bond donors (Lipinski definition) is 0. The van der Waals surface area contributed by atoms with Gasteiger partial charge in [0, 0.05) is 5.41 Å². The van der Waals surface area contributed by atoms with E-state index in [9.17, 15) is 4.79 Å². The predicted molar refractivity (Wildman–Crippen MR) is 81.3 cm³/mol. The van der Waals surface area contributed by atoms with E-state index < -0.39 is 0 Å². The van der Waals surface area contributed by atoms with E-state index >= 15 is 0 Å². The quantitative estimate of drug-likeness (QED) is 0.621. The molecule has 0 saturated heterocycles. The van der Waals surface area contributed by atoms with Crippen LogP contribution in [0.2, 0.25) is 0 Å². The Morgan fingerprint density at radius 3 is 2.75 bits per heavy atom. The summed E-state index contributed by atoms with van der Waals surface area (Å²) >= 11 is 0. The van der Waals surface area contributed by atoms with Gasteiger partial charge in [-0.2, -0.15) is 0 Å². The van der Waals surface area contributed by atoms with Crippen molar-refractivity contribution < 1.29 is 4.79 Å². The summed E-state index contributed by atoms with van der Waals surface area (Å²) < 4.78 is 0. The molecule has 3 saturated carbocycles. The molecule has 0 spiro atoms. The van der Waals surface area contributed by atoms with E-state index in [1.54, 1.807) is 0 Å². The van der Waals surface area contributed by atoms with Crippen molar-refractivity contribution >= 4 is 5.78 Å². The number of hydrogen-bond acceptors (Lipinski definition) is 1. The molecule has 0 bridgehead atoms. The Morgan fingerprint density at radius 2 is 1.90 bits per heavy atom. The van der Waals surface area contributed by atoms with E-state index in [0.29, 0.717) is 17.1 Å². The van der Waals surface area contributed by atoms with Crippen LogP contribution in [0.1, 0.15) is 65.2 Å². The summed E-state index contributed by atoms with van der Waals surface area (Å²) in [4.78, 5) is 12.3. The molecule has 3 unspecified atom stereocenters. The zero-order valence-electron chi connectivity index (χ0n) is 13.0. The molecule has 1 heteroatoms. The summed E-state index contributed by atoms with van der Waals surface area (Å²) in [7, 11) is 0. The second kappa shape index (κ2) is 4.21. The largest absolute Gasteiger partial charge is 0.294 e. The SMILES string of the molecule is C[C@]12CCCCC1CC[C@@H]1C2CC[C@]2(C)C(=O)C=CC12. The fourth-order valence-corrected chi connectivity index (χ4v) is 6.57. The second-order valence-corrected chi connectivity index (χ2v) is 8.50. The van der Waals surface area contributed by atoms with Gasteiger partial charge in [0.15, 0.2) is 5.78 Å². The van der Waals surface area contributed by atoms with Gasteiger partial charge in [-0.1, -0.05) is 32.8 Å². The van der Waals surface area contributed by atoms with Gasteiger partial charge in [0.1, 0.15) is 0 Å². The van der Waals surface area contributed by atoms with Gasteiger partial charge < -0.3 is 0 Å². The molecule has 0 aromatic rings. The Hall–Kier alpha value is -0.590. The highest BCUT2D eigenvalue weighted by atomic mass is 16.1. The molecule has 6 atom stereocenters. The summed E-state index contributed by atoms with van der Waals surface area (Å²) in [6, 6.07) is 0. The molecule has 0 aromatic heterocycles. The Labute approximate surface area is 123 Å². The van der Waals surface area contributed by atoms with Gasteiger partial charge in [0.2, 0.25) is 0 Å². The molecule has 3 fully saturated rings. The maximum absolute atomic E-state index is 12.3. The number of ketones is 1. The van der Waals surface area contributed by atoms with Gasteiger partial charge in [-0.3, -0.25) is 4.79 Å². The lowest BCUT2D eigenvalue weighted by atomic mass is 9.45. The Bertz CT molecular complexity index is 464. The molecule has 110 valence electrons. The molecule has 0 aromatic carbocycles. The van der Waals surface area contributed by atoms with E-state index in [1.165, 1.54) is 44.9 Å². The fraction of sp³-hybridized carbons (Fsp3) is 0.842. The standard InChI is InChI=1S/C19H28O/c1-18-11-4-3-5-13(18)6-7-14-15-8-9-17(20)19(15,2)12-10-16(14)18/h8-9,13-16H,3-7,10-12H2,1-2H3/t13?,14-,15?,16?,18-,19-/m0/s1. The molecule has 0 radical (unpaired) electrons. The van der Waals surface area contributed by atoms with Crippen molar-refractivity contribution in [2.75, 3.05) is 0 Å². The number of carbonyl (C=O) groups is 1. The average molecular weight is 272 g/mol. The maximum Gasteiger partial charge on any atom is 0.161 e. The average Bonchev–Trinajstić information content (AvgIpc) is 2.74. The molecule has 0 amide bonds. The van der Waals surface area contributed by atoms with E-state index in [1.807, 2.05) is 6.08 Å². The van der Waals surface area contributed by atoms with Crippen molar-refractivity contribution in [3.63, 3.8) is 0 Å². The van der Waals surface area contributed by atoms with Gasteiger partial charge >= 0.3 is 0 Å². The summed E-state index contributed by atoms with van der Waals surface area (Å²) in [6.07, 6.45) is 15.2. The fourth-order valence-electron chi connectivity index (χ4n) is 6.57. The molecular weight excluding hydrogens is 244 g/mol. The van der Waals surface area contributed by atoms with Crippen LogP contribution in [0.3, 0.4) is 0 Å². The first-order valence-electron chi connectivity index (χ1n) is 8.78. The number of carbonyl (C=O) groups excluding carboxylic acids is 1. The lowest BCUT2D eigenvalue weighted by molar-refractivity contribution is -0.136. The first-order valence-corrected chi connectivity index (χ1v) is 8.78. The van der Waals surface area contributed by atoms with E-state index in [2.05, 4.69) is 19.9 Å². The zero-order chi connectivity index (χ0) is 14.0. The molecule has 0 N–H and O–H groups in total. The topological polar surface area (TPSA) is 17.1 Å². The monoisotopic (exact) mass is 272 g/mol. The Morgan fingerprint density at radius 1 is 1.05 bits per heavy atom. The third-order valence-electron chi connectivity index (χ3n) is 7.85. The molecule has 0 heterocycles. The number of rotatable bonds is 0. The Balaban J connectivity index is 1.68. The first kappa shape index (κ1) is 13.1. The van der Waals surface area contributed by atoms with Gasteiger partial charge in [-0.15, -0.1) is 0 Å². The highest BCUT2D eigenvalue weighted by Gasteiger charge is 2.58. The van der Waals surface area contributed by atoms with Crippen molar-refractivity contribution in [2.24, 2.45) is 34.5 Å². The molecule has 4 rings (SSSR count). The summed E-state index contributed by atoms with van der Waals surface area (Å²) in [6.45, 7) is 4.84. The second-order valence-electron chi connectivity index (χ2n) is 8.50. The minimum absolute atomic E-state index is 0.0426. The molecule has 4 aliphatic rings. The predicted octanol–water partition coefficient (Wildman–Crippen LogP) is 4.76. The first-order chi connectivity index (χ1) is 9.56. The normalized spacial score (nSPS) is 54.2. The third-order valence-corrected chi connectivity index (χ3v) is 7.85. The van der Waals surface area contributed by atoms with Gasteiger partial charge in [0.25, 0.3) is 0 Å². The molecular formula is C19H28O. The van der Waals surface area contributed by atoms with Crippen LogP contribution in [-0.4, -0.2) is 5.78 Å². The highest BCUT2D eigenvalue weighted by molar-refractivity contribution is 5.97. The van der Waals surface area contributed by atoms with Crippen LogP contribution in [0, 0.1) is 34.5 Å². The van der Waals surface area contributed by atoms with Crippen LogP contribution < -0.4 is 0 Å². The van der Waals surface area contributed by atoms with Crippen LogP contribution in [0.5, 0.6) is 0 Å². The lowest BCUT2D eigenvalue weighted by Crippen LogP contribution is -2.52. The summed E-state index contributed by atoms with van der Waals surface area (Å²) in [5, 5.41) is 0. The smallest absolute Gasteiger partial charge is 0.161 e. The zero-order valence-corrected chi connectivity index (χ0v) is 13.0.